The first-order valence-electron chi connectivity index (χ1n) is 9.04. The summed E-state index contributed by atoms with van der Waals surface area (Å²) in [7, 11) is 0. The molecule has 25 heavy (non-hydrogen) atoms. The molecule has 1 atom stereocenters. The number of rotatable bonds is 6. The maximum absolute atomic E-state index is 10.2. The highest BCUT2D eigenvalue weighted by Crippen LogP contribution is 2.15. The van der Waals surface area contributed by atoms with Gasteiger partial charge in [-0.3, -0.25) is 19.2 Å². The van der Waals surface area contributed by atoms with E-state index in [2.05, 4.69) is 47.0 Å². The third-order valence-corrected chi connectivity index (χ3v) is 4.62. The molecule has 0 bridgehead atoms. The van der Waals surface area contributed by atoms with Gasteiger partial charge in [0.1, 0.15) is 0 Å². The van der Waals surface area contributed by atoms with Crippen molar-refractivity contribution in [3.63, 3.8) is 0 Å². The van der Waals surface area contributed by atoms with E-state index in [4.69, 9.17) is 0 Å². The van der Waals surface area contributed by atoms with E-state index in [1.165, 1.54) is 5.56 Å². The Kier molecular flexibility index (Phi) is 5.56. The summed E-state index contributed by atoms with van der Waals surface area (Å²) in [6, 6.07) is 1.88. The van der Waals surface area contributed by atoms with Crippen molar-refractivity contribution in [3.8, 4) is 0 Å². The lowest BCUT2D eigenvalue weighted by atomic mass is 10.1. The van der Waals surface area contributed by atoms with Gasteiger partial charge in [0, 0.05) is 63.4 Å². The first-order chi connectivity index (χ1) is 11.9. The Labute approximate surface area is 149 Å². The fourth-order valence-electron chi connectivity index (χ4n) is 3.18. The second-order valence-electron chi connectivity index (χ2n) is 7.92. The number of aromatic nitrogens is 4. The van der Waals surface area contributed by atoms with E-state index in [1.54, 1.807) is 10.9 Å². The van der Waals surface area contributed by atoms with Crippen molar-refractivity contribution in [2.45, 2.75) is 45.5 Å². The second-order valence-corrected chi connectivity index (χ2v) is 7.92. The van der Waals surface area contributed by atoms with E-state index in [9.17, 15) is 5.11 Å². The van der Waals surface area contributed by atoms with E-state index < -0.39 is 0 Å². The molecule has 0 amide bonds. The molecule has 3 heterocycles. The zero-order chi connectivity index (χ0) is 17.9. The molecule has 3 rings (SSSR count). The molecule has 2 aromatic rings. The Bertz CT molecular complexity index is 637. The summed E-state index contributed by atoms with van der Waals surface area (Å²) in [5, 5.41) is 18.9. The maximum Gasteiger partial charge on any atom is 0.0862 e. The van der Waals surface area contributed by atoms with Gasteiger partial charge in [0.25, 0.3) is 0 Å². The summed E-state index contributed by atoms with van der Waals surface area (Å²) in [6.45, 7) is 12.7. The van der Waals surface area contributed by atoms with Crippen molar-refractivity contribution in [2.24, 2.45) is 0 Å². The van der Waals surface area contributed by atoms with Gasteiger partial charge in [0.15, 0.2) is 0 Å². The van der Waals surface area contributed by atoms with Crippen LogP contribution in [-0.2, 0) is 18.6 Å². The minimum atomic E-state index is -0.378. The first-order valence-corrected chi connectivity index (χ1v) is 9.04. The van der Waals surface area contributed by atoms with Crippen LogP contribution in [0.2, 0.25) is 0 Å². The van der Waals surface area contributed by atoms with Crippen LogP contribution in [0.25, 0.3) is 0 Å². The number of aliphatic hydroxyl groups is 1. The van der Waals surface area contributed by atoms with Gasteiger partial charge in [0.2, 0.25) is 0 Å². The Hall–Kier alpha value is -1.70. The van der Waals surface area contributed by atoms with E-state index >= 15 is 0 Å². The van der Waals surface area contributed by atoms with Crippen LogP contribution in [0, 0.1) is 0 Å². The van der Waals surface area contributed by atoms with Crippen LogP contribution in [0.5, 0.6) is 0 Å². The lowest BCUT2D eigenvalue weighted by Gasteiger charge is -2.35. The number of hydrogen-bond acceptors (Lipinski definition) is 5. The fraction of sp³-hybridized carbons (Fsp3) is 0.667. The largest absolute Gasteiger partial charge is 0.390 e. The molecule has 0 spiro atoms. The third kappa shape index (κ3) is 5.14. The number of β-amino-alcohol motifs (C(OH)–C–C–N with tert-alkyl or cyclic N) is 1. The van der Waals surface area contributed by atoms with Crippen molar-refractivity contribution in [1.82, 2.24) is 29.4 Å². The van der Waals surface area contributed by atoms with Crippen molar-refractivity contribution < 1.29 is 5.11 Å². The monoisotopic (exact) mass is 346 g/mol. The molecule has 0 aliphatic carbocycles. The SMILES string of the molecule is CC(C)(C)n1cc(CN2CCN(C[C@@H](O)Cn3cccn3)CC2)cn1. The molecule has 0 saturated carbocycles. The fourth-order valence-corrected chi connectivity index (χ4v) is 3.18. The molecule has 0 aromatic carbocycles. The summed E-state index contributed by atoms with van der Waals surface area (Å²) in [6.07, 6.45) is 7.38. The average Bonchev–Trinajstić information content (AvgIpc) is 3.20. The van der Waals surface area contributed by atoms with Gasteiger partial charge in [-0.15, -0.1) is 0 Å². The van der Waals surface area contributed by atoms with Crippen molar-refractivity contribution in [1.29, 1.82) is 0 Å². The van der Waals surface area contributed by atoms with Gasteiger partial charge >= 0.3 is 0 Å². The van der Waals surface area contributed by atoms with E-state index in [0.717, 1.165) is 32.7 Å². The smallest absolute Gasteiger partial charge is 0.0862 e. The summed E-state index contributed by atoms with van der Waals surface area (Å²) in [5.74, 6) is 0. The van der Waals surface area contributed by atoms with Gasteiger partial charge in [0.05, 0.1) is 24.4 Å². The predicted molar refractivity (Wildman–Crippen MR) is 97.2 cm³/mol. The van der Waals surface area contributed by atoms with Crippen LogP contribution in [0.4, 0.5) is 0 Å². The van der Waals surface area contributed by atoms with E-state index in [-0.39, 0.29) is 11.6 Å². The van der Waals surface area contributed by atoms with Crippen LogP contribution in [0.1, 0.15) is 26.3 Å². The molecule has 1 aliphatic rings. The zero-order valence-corrected chi connectivity index (χ0v) is 15.5. The van der Waals surface area contributed by atoms with Crippen LogP contribution >= 0.6 is 0 Å². The molecular weight excluding hydrogens is 316 g/mol. The normalized spacial score (nSPS) is 18.6. The topological polar surface area (TPSA) is 62.4 Å². The summed E-state index contributed by atoms with van der Waals surface area (Å²) in [4.78, 5) is 4.80. The molecule has 1 aliphatic heterocycles. The average molecular weight is 346 g/mol. The summed E-state index contributed by atoms with van der Waals surface area (Å²) < 4.78 is 3.82. The molecule has 0 radical (unpaired) electrons. The van der Waals surface area contributed by atoms with Gasteiger partial charge in [-0.2, -0.15) is 10.2 Å². The second kappa shape index (κ2) is 7.68. The van der Waals surface area contributed by atoms with E-state index in [1.807, 2.05) is 23.1 Å². The number of nitrogens with zero attached hydrogens (tertiary/aromatic N) is 6. The van der Waals surface area contributed by atoms with Gasteiger partial charge < -0.3 is 5.11 Å². The van der Waals surface area contributed by atoms with Crippen molar-refractivity contribution in [3.05, 3.63) is 36.4 Å². The molecule has 138 valence electrons. The Morgan fingerprint density at radius 2 is 1.80 bits per heavy atom. The summed E-state index contributed by atoms with van der Waals surface area (Å²) >= 11 is 0. The molecule has 1 N–H and O–H groups in total. The Morgan fingerprint density at radius 1 is 1.08 bits per heavy atom. The lowest BCUT2D eigenvalue weighted by Crippen LogP contribution is -2.48. The predicted octanol–water partition coefficient (Wildman–Crippen LogP) is 1.01. The Morgan fingerprint density at radius 3 is 2.40 bits per heavy atom. The lowest BCUT2D eigenvalue weighted by molar-refractivity contribution is 0.0605. The summed E-state index contributed by atoms with van der Waals surface area (Å²) in [5.41, 5.74) is 1.30. The van der Waals surface area contributed by atoms with Crippen LogP contribution in [-0.4, -0.2) is 73.3 Å². The van der Waals surface area contributed by atoms with Crippen LogP contribution < -0.4 is 0 Å². The number of piperazine rings is 1. The van der Waals surface area contributed by atoms with Gasteiger partial charge in [-0.25, -0.2) is 0 Å². The van der Waals surface area contributed by atoms with Crippen LogP contribution in [0.3, 0.4) is 0 Å². The molecule has 7 heteroatoms. The molecular formula is C18H30N6O. The number of hydrogen-bond donors (Lipinski definition) is 1. The maximum atomic E-state index is 10.2. The standard InChI is InChI=1S/C18H30N6O/c1-18(2,3)24-13-16(11-20-24)12-21-7-9-22(10-8-21)14-17(25)15-23-6-4-5-19-23/h4-6,11,13,17,25H,7-10,12,14-15H2,1-3H3/t17-/m1/s1. The first kappa shape index (κ1) is 18.1. The van der Waals surface area contributed by atoms with Gasteiger partial charge in [-0.05, 0) is 26.8 Å². The third-order valence-electron chi connectivity index (χ3n) is 4.62. The number of aliphatic hydroxyl groups excluding tert-OH is 1. The Balaban J connectivity index is 1.42. The highest BCUT2D eigenvalue weighted by atomic mass is 16.3. The molecule has 1 fully saturated rings. The molecule has 1 saturated heterocycles. The minimum Gasteiger partial charge on any atom is -0.390 e. The van der Waals surface area contributed by atoms with Gasteiger partial charge in [-0.1, -0.05) is 0 Å². The minimum absolute atomic E-state index is 0.0294. The van der Waals surface area contributed by atoms with Crippen molar-refractivity contribution >= 4 is 0 Å². The van der Waals surface area contributed by atoms with E-state index in [0.29, 0.717) is 13.1 Å². The highest BCUT2D eigenvalue weighted by molar-refractivity contribution is 5.05. The van der Waals surface area contributed by atoms with Crippen LogP contribution in [0.15, 0.2) is 30.9 Å². The van der Waals surface area contributed by atoms with Crippen molar-refractivity contribution in [2.75, 3.05) is 32.7 Å². The molecule has 0 unspecified atom stereocenters. The highest BCUT2D eigenvalue weighted by Gasteiger charge is 2.21. The zero-order valence-electron chi connectivity index (χ0n) is 15.5. The molecule has 7 nitrogen and oxygen atoms in total. The molecule has 2 aromatic heterocycles. The quantitative estimate of drug-likeness (QED) is 0.846.